The summed E-state index contributed by atoms with van der Waals surface area (Å²) in [4.78, 5) is 2.74. The highest BCUT2D eigenvalue weighted by molar-refractivity contribution is 7.12. The second kappa shape index (κ2) is 6.35. The summed E-state index contributed by atoms with van der Waals surface area (Å²) >= 11 is 1.87. The molecule has 0 saturated heterocycles. The van der Waals surface area contributed by atoms with Crippen LogP contribution < -0.4 is 5.32 Å². The van der Waals surface area contributed by atoms with Crippen molar-refractivity contribution in [3.8, 4) is 0 Å². The summed E-state index contributed by atoms with van der Waals surface area (Å²) in [7, 11) is 2.00. The number of nitrogens with one attached hydrogen (secondary N) is 1. The van der Waals surface area contributed by atoms with Gasteiger partial charge in [0.05, 0.1) is 11.7 Å². The normalized spacial score (nSPS) is 12.8. The van der Waals surface area contributed by atoms with Crippen LogP contribution in [0.1, 0.15) is 47.3 Å². The second-order valence-electron chi connectivity index (χ2n) is 4.89. The summed E-state index contributed by atoms with van der Waals surface area (Å²) in [5.74, 6) is 0. The molecule has 0 bridgehead atoms. The molecule has 3 nitrogen and oxygen atoms in total. The lowest BCUT2D eigenvalue weighted by molar-refractivity contribution is 0.602. The Balaban J connectivity index is 2.36. The maximum Gasteiger partial charge on any atom is 0.0704 e. The largest absolute Gasteiger partial charge is 0.305 e. The zero-order valence-corrected chi connectivity index (χ0v) is 13.0. The highest BCUT2D eigenvalue weighted by Crippen LogP contribution is 2.30. The fourth-order valence-electron chi connectivity index (χ4n) is 2.33. The predicted octanol–water partition coefficient (Wildman–Crippen LogP) is 3.44. The monoisotopic (exact) mass is 277 g/mol. The lowest BCUT2D eigenvalue weighted by atomic mass is 10.0. The SMILES string of the molecule is CCCNC(c1ccc(C)s1)c1cn(C)nc1CC. The number of rotatable bonds is 6. The molecule has 0 aromatic carbocycles. The molecule has 1 unspecified atom stereocenters. The average Bonchev–Trinajstić information content (AvgIpc) is 2.97. The zero-order valence-electron chi connectivity index (χ0n) is 12.2. The maximum absolute atomic E-state index is 4.57. The average molecular weight is 277 g/mol. The molecular formula is C15H23N3S. The molecular weight excluding hydrogens is 254 g/mol. The lowest BCUT2D eigenvalue weighted by Gasteiger charge is -2.17. The van der Waals surface area contributed by atoms with E-state index in [1.54, 1.807) is 0 Å². The Morgan fingerprint density at radius 3 is 2.74 bits per heavy atom. The molecule has 2 aromatic rings. The number of thiophene rings is 1. The maximum atomic E-state index is 4.57. The third-order valence-corrected chi connectivity index (χ3v) is 4.29. The minimum absolute atomic E-state index is 0.280. The number of nitrogens with zero attached hydrogens (tertiary/aromatic N) is 2. The van der Waals surface area contributed by atoms with E-state index in [0.29, 0.717) is 0 Å². The van der Waals surface area contributed by atoms with Crippen LogP contribution in [0.15, 0.2) is 18.3 Å². The van der Waals surface area contributed by atoms with Gasteiger partial charge in [-0.15, -0.1) is 11.3 Å². The molecule has 2 heterocycles. The van der Waals surface area contributed by atoms with Crippen molar-refractivity contribution in [3.05, 3.63) is 39.3 Å². The molecule has 0 aliphatic heterocycles. The zero-order chi connectivity index (χ0) is 13.8. The molecule has 4 heteroatoms. The molecule has 19 heavy (non-hydrogen) atoms. The number of hydrogen-bond acceptors (Lipinski definition) is 3. The van der Waals surface area contributed by atoms with Crippen molar-refractivity contribution >= 4 is 11.3 Å². The van der Waals surface area contributed by atoms with Gasteiger partial charge in [-0.25, -0.2) is 0 Å². The first-order valence-corrected chi connectivity index (χ1v) is 7.79. The number of hydrogen-bond donors (Lipinski definition) is 1. The first-order valence-electron chi connectivity index (χ1n) is 6.97. The van der Waals surface area contributed by atoms with Gasteiger partial charge in [0.2, 0.25) is 0 Å². The van der Waals surface area contributed by atoms with E-state index in [1.807, 2.05) is 23.1 Å². The minimum Gasteiger partial charge on any atom is -0.305 e. The fraction of sp³-hybridized carbons (Fsp3) is 0.533. The summed E-state index contributed by atoms with van der Waals surface area (Å²) in [6.45, 7) is 7.56. The van der Waals surface area contributed by atoms with Gasteiger partial charge in [0.25, 0.3) is 0 Å². The summed E-state index contributed by atoms with van der Waals surface area (Å²) < 4.78 is 1.93. The summed E-state index contributed by atoms with van der Waals surface area (Å²) in [5.41, 5.74) is 2.52. The Morgan fingerprint density at radius 2 is 2.16 bits per heavy atom. The van der Waals surface area contributed by atoms with E-state index >= 15 is 0 Å². The van der Waals surface area contributed by atoms with Crippen molar-refractivity contribution in [1.82, 2.24) is 15.1 Å². The van der Waals surface area contributed by atoms with Crippen LogP contribution in [0, 0.1) is 6.92 Å². The van der Waals surface area contributed by atoms with Crippen LogP contribution in [0.4, 0.5) is 0 Å². The topological polar surface area (TPSA) is 29.9 Å². The van der Waals surface area contributed by atoms with Crippen molar-refractivity contribution in [2.45, 2.75) is 39.7 Å². The van der Waals surface area contributed by atoms with Gasteiger partial charge < -0.3 is 5.32 Å². The molecule has 0 aliphatic rings. The van der Waals surface area contributed by atoms with Gasteiger partial charge in [-0.1, -0.05) is 13.8 Å². The van der Waals surface area contributed by atoms with Crippen molar-refractivity contribution in [2.24, 2.45) is 7.05 Å². The van der Waals surface area contributed by atoms with Crippen LogP contribution in [0.5, 0.6) is 0 Å². The van der Waals surface area contributed by atoms with Crippen molar-refractivity contribution in [2.75, 3.05) is 6.54 Å². The van der Waals surface area contributed by atoms with E-state index in [9.17, 15) is 0 Å². The van der Waals surface area contributed by atoms with Crippen LogP contribution >= 0.6 is 11.3 Å². The van der Waals surface area contributed by atoms with Crippen LogP contribution in [0.3, 0.4) is 0 Å². The van der Waals surface area contributed by atoms with E-state index in [4.69, 9.17) is 0 Å². The van der Waals surface area contributed by atoms with Crippen molar-refractivity contribution in [1.29, 1.82) is 0 Å². The fourth-order valence-corrected chi connectivity index (χ4v) is 3.30. The Bertz CT molecular complexity index is 527. The van der Waals surface area contributed by atoms with Crippen molar-refractivity contribution in [3.63, 3.8) is 0 Å². The molecule has 2 rings (SSSR count). The standard InChI is InChI=1S/C15H23N3S/c1-5-9-16-15(14-8-7-11(3)19-14)12-10-18(4)17-13(12)6-2/h7-8,10,15-16H,5-6,9H2,1-4H3. The number of aryl methyl sites for hydroxylation is 3. The molecule has 1 N–H and O–H groups in total. The minimum atomic E-state index is 0.280. The van der Waals surface area contributed by atoms with Crippen LogP contribution in [0.25, 0.3) is 0 Å². The van der Waals surface area contributed by atoms with Gasteiger partial charge >= 0.3 is 0 Å². The van der Waals surface area contributed by atoms with Gasteiger partial charge in [-0.2, -0.15) is 5.10 Å². The Labute approximate surface area is 119 Å². The molecule has 104 valence electrons. The summed E-state index contributed by atoms with van der Waals surface area (Å²) in [6, 6.07) is 4.71. The van der Waals surface area contributed by atoms with E-state index in [2.05, 4.69) is 49.5 Å². The van der Waals surface area contributed by atoms with Gasteiger partial charge in [-0.3, -0.25) is 4.68 Å². The molecule has 0 radical (unpaired) electrons. The van der Waals surface area contributed by atoms with E-state index in [1.165, 1.54) is 21.0 Å². The van der Waals surface area contributed by atoms with Gasteiger partial charge in [0, 0.05) is 28.6 Å². The van der Waals surface area contributed by atoms with Crippen LogP contribution in [-0.2, 0) is 13.5 Å². The summed E-state index contributed by atoms with van der Waals surface area (Å²) in [6.07, 6.45) is 4.27. The first kappa shape index (κ1) is 14.3. The van der Waals surface area contributed by atoms with Gasteiger partial charge in [0.1, 0.15) is 0 Å². The molecule has 1 atom stereocenters. The van der Waals surface area contributed by atoms with E-state index < -0.39 is 0 Å². The third kappa shape index (κ3) is 3.25. The Kier molecular flexibility index (Phi) is 4.77. The third-order valence-electron chi connectivity index (χ3n) is 3.23. The van der Waals surface area contributed by atoms with E-state index in [0.717, 1.165) is 19.4 Å². The van der Waals surface area contributed by atoms with E-state index in [-0.39, 0.29) is 6.04 Å². The smallest absolute Gasteiger partial charge is 0.0704 e. The number of aromatic nitrogens is 2. The Hall–Kier alpha value is -1.13. The predicted molar refractivity (Wildman–Crippen MR) is 81.8 cm³/mol. The first-order chi connectivity index (χ1) is 9.15. The second-order valence-corrected chi connectivity index (χ2v) is 6.21. The summed E-state index contributed by atoms with van der Waals surface area (Å²) in [5, 5.41) is 8.23. The molecule has 0 saturated carbocycles. The van der Waals surface area contributed by atoms with Crippen LogP contribution in [-0.4, -0.2) is 16.3 Å². The quantitative estimate of drug-likeness (QED) is 0.876. The van der Waals surface area contributed by atoms with Crippen LogP contribution in [0.2, 0.25) is 0 Å². The molecule has 2 aromatic heterocycles. The van der Waals surface area contributed by atoms with Gasteiger partial charge in [0.15, 0.2) is 0 Å². The lowest BCUT2D eigenvalue weighted by Crippen LogP contribution is -2.23. The molecule has 0 aliphatic carbocycles. The van der Waals surface area contributed by atoms with Crippen molar-refractivity contribution < 1.29 is 0 Å². The molecule has 0 amide bonds. The molecule has 0 fully saturated rings. The highest BCUT2D eigenvalue weighted by atomic mass is 32.1. The van der Waals surface area contributed by atoms with Gasteiger partial charge in [-0.05, 0) is 38.4 Å². The highest BCUT2D eigenvalue weighted by Gasteiger charge is 2.20. The Morgan fingerprint density at radius 1 is 1.37 bits per heavy atom. The molecule has 0 spiro atoms.